The fourth-order valence-corrected chi connectivity index (χ4v) is 6.27. The Balaban J connectivity index is 1.39. The van der Waals surface area contributed by atoms with E-state index in [0.29, 0.717) is 41.0 Å². The van der Waals surface area contributed by atoms with Crippen molar-refractivity contribution in [2.24, 2.45) is 11.8 Å². The monoisotopic (exact) mass is 708 g/mol. The maximum absolute atomic E-state index is 15.9. The zero-order valence-electron chi connectivity index (χ0n) is 26.4. The summed E-state index contributed by atoms with van der Waals surface area (Å²) < 4.78 is 39.2. The molecule has 2 N–H and O–H groups in total. The van der Waals surface area contributed by atoms with Gasteiger partial charge in [0.2, 0.25) is 11.8 Å². The van der Waals surface area contributed by atoms with E-state index in [0.717, 1.165) is 11.1 Å². The molecule has 0 radical (unpaired) electrons. The first-order valence-corrected chi connectivity index (χ1v) is 15.6. The highest BCUT2D eigenvalue weighted by Gasteiger charge is 2.39. The van der Waals surface area contributed by atoms with Crippen molar-refractivity contribution in [3.05, 3.63) is 44.7 Å². The number of hydrogen-bond donors (Lipinski definition) is 2. The number of hydrogen-bond acceptors (Lipinski definition) is 8. The molecule has 0 saturated carbocycles. The number of carbonyl (C=O) groups is 4. The smallest absolute Gasteiger partial charge is 0.306 e. The lowest BCUT2D eigenvalue weighted by Crippen LogP contribution is -2.31. The molecular weight excluding hydrogens is 671 g/mol. The molecule has 12 nitrogen and oxygen atoms in total. The molecular formula is C32H38BrFN2O10. The Morgan fingerprint density at radius 3 is 2.02 bits per heavy atom. The van der Waals surface area contributed by atoms with Crippen LogP contribution in [0.2, 0.25) is 0 Å². The molecule has 0 aliphatic carbocycles. The number of fused-ring (bicyclic) bond motifs is 2. The van der Waals surface area contributed by atoms with E-state index in [1.54, 1.807) is 24.0 Å². The lowest BCUT2D eigenvalue weighted by molar-refractivity contribution is -0.146. The van der Waals surface area contributed by atoms with Crippen LogP contribution in [0.5, 0.6) is 23.0 Å². The van der Waals surface area contributed by atoms with Gasteiger partial charge in [-0.05, 0) is 51.7 Å². The average Bonchev–Trinajstić information content (AvgIpc) is 3.59. The summed E-state index contributed by atoms with van der Waals surface area (Å²) in [7, 11) is 2.90. The van der Waals surface area contributed by atoms with Gasteiger partial charge in [-0.3, -0.25) is 19.2 Å². The Morgan fingerprint density at radius 1 is 0.891 bits per heavy atom. The molecule has 0 spiro atoms. The second kappa shape index (κ2) is 14.6. The minimum atomic E-state index is -1.08. The molecule has 4 rings (SSSR count). The van der Waals surface area contributed by atoms with Gasteiger partial charge in [-0.25, -0.2) is 4.39 Å². The standard InChI is InChI=1S/C32H38BrFN2O10/c1-16(31(39)40)9-24(37)35-13-19-11-22(43-4)23(12-20(19)14-35)45-7-6-8-46-30-28(34)26-18(3)36(25(38)10-17(2)32(41)42)15-21(26)27(33)29(30)44-5/h11-12,16-18H,6-10,13-15H2,1-5H3,(H,39,40)(H,41,42)/t16-,17-,18?/m0/s1. The Bertz CT molecular complexity index is 1530. The van der Waals surface area contributed by atoms with Gasteiger partial charge in [-0.1, -0.05) is 13.8 Å². The van der Waals surface area contributed by atoms with Crippen molar-refractivity contribution in [1.29, 1.82) is 0 Å². The molecule has 2 aliphatic heterocycles. The summed E-state index contributed by atoms with van der Waals surface area (Å²) in [5.74, 6) is -4.05. The van der Waals surface area contributed by atoms with Crippen LogP contribution in [0.3, 0.4) is 0 Å². The van der Waals surface area contributed by atoms with Crippen molar-refractivity contribution < 1.29 is 52.7 Å². The van der Waals surface area contributed by atoms with E-state index in [2.05, 4.69) is 15.9 Å². The molecule has 2 aromatic rings. The second-order valence-electron chi connectivity index (χ2n) is 11.5. The molecule has 0 fully saturated rings. The molecule has 3 atom stereocenters. The molecule has 0 bridgehead atoms. The van der Waals surface area contributed by atoms with E-state index < -0.39 is 41.5 Å². The van der Waals surface area contributed by atoms with Crippen LogP contribution < -0.4 is 18.9 Å². The first kappa shape index (κ1) is 34.8. The van der Waals surface area contributed by atoms with Crippen LogP contribution >= 0.6 is 15.9 Å². The van der Waals surface area contributed by atoms with Gasteiger partial charge >= 0.3 is 11.9 Å². The zero-order valence-corrected chi connectivity index (χ0v) is 27.9. The number of amides is 2. The average molecular weight is 710 g/mol. The highest BCUT2D eigenvalue weighted by Crippen LogP contribution is 2.49. The maximum Gasteiger partial charge on any atom is 0.306 e. The van der Waals surface area contributed by atoms with Crippen molar-refractivity contribution in [2.45, 2.75) is 65.7 Å². The zero-order chi connectivity index (χ0) is 33.9. The fraction of sp³-hybridized carbons (Fsp3) is 0.500. The SMILES string of the molecule is COc1cc2c(cc1OCCCOc1c(F)c3c(c(Br)c1OC)CN(C(=O)C[C@H](C)C(=O)O)C3C)CN(C(=O)C[C@H](C)C(=O)O)C2. The van der Waals surface area contributed by atoms with Gasteiger partial charge in [0, 0.05) is 44.5 Å². The quantitative estimate of drug-likeness (QED) is 0.259. The Hall–Kier alpha value is -4.07. The summed E-state index contributed by atoms with van der Waals surface area (Å²) in [5, 5.41) is 18.3. The van der Waals surface area contributed by atoms with Gasteiger partial charge in [0.05, 0.1) is 49.8 Å². The fourth-order valence-electron chi connectivity index (χ4n) is 5.59. The number of rotatable bonds is 14. The van der Waals surface area contributed by atoms with Gasteiger partial charge < -0.3 is 39.0 Å². The number of aliphatic carboxylic acids is 2. The predicted octanol–water partition coefficient (Wildman–Crippen LogP) is 4.92. The summed E-state index contributed by atoms with van der Waals surface area (Å²) in [4.78, 5) is 51.0. The molecule has 2 heterocycles. The van der Waals surface area contributed by atoms with E-state index in [1.807, 2.05) is 0 Å². The van der Waals surface area contributed by atoms with Gasteiger partial charge in [-0.2, -0.15) is 0 Å². The molecule has 0 saturated heterocycles. The normalized spacial score (nSPS) is 16.4. The minimum Gasteiger partial charge on any atom is -0.493 e. The van der Waals surface area contributed by atoms with Crippen LogP contribution in [0.1, 0.15) is 68.3 Å². The third-order valence-corrected chi connectivity index (χ3v) is 9.17. The van der Waals surface area contributed by atoms with Crippen molar-refractivity contribution in [1.82, 2.24) is 9.80 Å². The van der Waals surface area contributed by atoms with Crippen LogP contribution in [0.25, 0.3) is 0 Å². The maximum atomic E-state index is 15.9. The van der Waals surface area contributed by atoms with Gasteiger partial charge in [0.1, 0.15) is 0 Å². The summed E-state index contributed by atoms with van der Waals surface area (Å²) in [6, 6.07) is 2.96. The molecule has 2 aromatic carbocycles. The third kappa shape index (κ3) is 7.16. The highest BCUT2D eigenvalue weighted by molar-refractivity contribution is 9.10. The predicted molar refractivity (Wildman–Crippen MR) is 165 cm³/mol. The molecule has 1 unspecified atom stereocenters. The van der Waals surface area contributed by atoms with Crippen LogP contribution in [-0.4, -0.2) is 71.2 Å². The van der Waals surface area contributed by atoms with Gasteiger partial charge in [0.15, 0.2) is 28.8 Å². The topological polar surface area (TPSA) is 152 Å². The lowest BCUT2D eigenvalue weighted by atomic mass is 10.0. The first-order valence-electron chi connectivity index (χ1n) is 14.8. The number of carboxylic acids is 2. The Labute approximate surface area is 274 Å². The minimum absolute atomic E-state index is 0.0724. The number of halogens is 2. The van der Waals surface area contributed by atoms with Crippen LogP contribution in [0.15, 0.2) is 16.6 Å². The Kier molecular flexibility index (Phi) is 11.0. The molecule has 2 aliphatic rings. The number of benzene rings is 2. The summed E-state index contributed by atoms with van der Waals surface area (Å²) in [5.41, 5.74) is 2.58. The number of carboxylic acid groups (broad SMARTS) is 2. The lowest BCUT2D eigenvalue weighted by Gasteiger charge is -2.23. The van der Waals surface area contributed by atoms with E-state index in [1.165, 1.54) is 33.0 Å². The van der Waals surface area contributed by atoms with Crippen LogP contribution in [-0.2, 0) is 38.8 Å². The molecule has 0 aromatic heterocycles. The highest BCUT2D eigenvalue weighted by atomic mass is 79.9. The molecule has 46 heavy (non-hydrogen) atoms. The first-order chi connectivity index (χ1) is 21.8. The van der Waals surface area contributed by atoms with E-state index in [9.17, 15) is 24.3 Å². The molecule has 2 amide bonds. The van der Waals surface area contributed by atoms with Gasteiger partial charge in [0.25, 0.3) is 0 Å². The number of carbonyl (C=O) groups excluding carboxylic acids is 2. The van der Waals surface area contributed by atoms with Crippen molar-refractivity contribution >= 4 is 39.7 Å². The molecule has 14 heteroatoms. The Morgan fingerprint density at radius 2 is 1.46 bits per heavy atom. The van der Waals surface area contributed by atoms with E-state index in [4.69, 9.17) is 24.1 Å². The third-order valence-electron chi connectivity index (χ3n) is 8.33. The largest absolute Gasteiger partial charge is 0.493 e. The summed E-state index contributed by atoms with van der Waals surface area (Å²) in [6.45, 7) is 5.68. The van der Waals surface area contributed by atoms with Crippen molar-refractivity contribution in [3.8, 4) is 23.0 Å². The molecule has 250 valence electrons. The number of nitrogens with zero attached hydrogens (tertiary/aromatic N) is 2. The van der Waals surface area contributed by atoms with Crippen molar-refractivity contribution in [2.75, 3.05) is 27.4 Å². The van der Waals surface area contributed by atoms with Crippen LogP contribution in [0, 0.1) is 17.7 Å². The second-order valence-corrected chi connectivity index (χ2v) is 12.3. The van der Waals surface area contributed by atoms with Crippen molar-refractivity contribution in [3.63, 3.8) is 0 Å². The van der Waals surface area contributed by atoms with E-state index in [-0.39, 0.29) is 55.6 Å². The summed E-state index contributed by atoms with van der Waals surface area (Å²) in [6.07, 6.45) is 0.0741. The number of methoxy groups -OCH3 is 2. The van der Waals surface area contributed by atoms with Crippen LogP contribution in [0.4, 0.5) is 4.39 Å². The van der Waals surface area contributed by atoms with E-state index >= 15 is 4.39 Å². The van der Waals surface area contributed by atoms with Gasteiger partial charge in [-0.15, -0.1) is 0 Å². The number of ether oxygens (including phenoxy) is 4. The summed E-state index contributed by atoms with van der Waals surface area (Å²) >= 11 is 3.49.